The number of hydrogen-bond donors (Lipinski definition) is 3. The smallest absolute Gasteiger partial charge is 0.347 e. The number of aryl methyl sites for hydroxylation is 1. The molecule has 200 valence electrons. The highest BCUT2D eigenvalue weighted by Gasteiger charge is 2.43. The summed E-state index contributed by atoms with van der Waals surface area (Å²) in [6, 6.07) is 7.64. The number of ether oxygens (including phenoxy) is 2. The molecule has 2 aliphatic carbocycles. The second kappa shape index (κ2) is 13.2. The highest BCUT2D eigenvalue weighted by Crippen LogP contribution is 2.46. The van der Waals surface area contributed by atoms with Crippen LogP contribution < -0.4 is 4.74 Å². The maximum Gasteiger partial charge on any atom is 0.347 e. The normalized spacial score (nSPS) is 28.0. The van der Waals surface area contributed by atoms with Crippen molar-refractivity contribution >= 4 is 11.9 Å². The lowest BCUT2D eigenvalue weighted by molar-refractivity contribution is -0.166. The van der Waals surface area contributed by atoms with E-state index in [2.05, 4.69) is 19.1 Å². The maximum atomic E-state index is 13.2. The number of carbonyl (C=O) groups excluding carboxylic acids is 1. The minimum atomic E-state index is -1.08. The van der Waals surface area contributed by atoms with E-state index in [9.17, 15) is 19.8 Å². The van der Waals surface area contributed by atoms with Gasteiger partial charge in [-0.25, -0.2) is 4.79 Å². The molecule has 0 radical (unpaired) electrons. The van der Waals surface area contributed by atoms with Gasteiger partial charge < -0.3 is 24.8 Å². The van der Waals surface area contributed by atoms with Crippen LogP contribution in [0.5, 0.6) is 5.75 Å². The molecule has 1 aromatic rings. The van der Waals surface area contributed by atoms with Crippen LogP contribution in [-0.2, 0) is 14.3 Å². The predicted molar refractivity (Wildman–Crippen MR) is 137 cm³/mol. The summed E-state index contributed by atoms with van der Waals surface area (Å²) < 4.78 is 12.1. The maximum absolute atomic E-state index is 13.2. The Hall–Kier alpha value is -2.38. The molecule has 3 rings (SSSR count). The predicted octanol–water partition coefficient (Wildman–Crippen LogP) is 4.67. The van der Waals surface area contributed by atoms with Crippen molar-refractivity contribution in [1.29, 1.82) is 0 Å². The standard InChI is InChI=1S/C29H42O7/c1-4-25(35-23-13-8-18(2)9-14-23)29(34)36-26-7-5-6-20-11-10-19(3)24(28(20)26)15-12-21(30)16-22(31)17-27(32)33/h8-11,13-14,19-22,24-26,28,30-31H,4-7,12,15-17H2,1-3H3,(H,32,33). The molecule has 0 amide bonds. The average molecular weight is 503 g/mol. The van der Waals surface area contributed by atoms with E-state index >= 15 is 0 Å². The number of carbonyl (C=O) groups is 2. The first-order chi connectivity index (χ1) is 17.2. The number of benzene rings is 1. The van der Waals surface area contributed by atoms with Crippen molar-refractivity contribution in [3.05, 3.63) is 42.0 Å². The van der Waals surface area contributed by atoms with E-state index in [0.29, 0.717) is 24.5 Å². The highest BCUT2D eigenvalue weighted by atomic mass is 16.6. The van der Waals surface area contributed by atoms with Gasteiger partial charge in [0.2, 0.25) is 0 Å². The Labute approximate surface area is 214 Å². The van der Waals surface area contributed by atoms with Crippen molar-refractivity contribution < 1.29 is 34.4 Å². The first-order valence-electron chi connectivity index (χ1n) is 13.4. The van der Waals surface area contributed by atoms with Crippen molar-refractivity contribution in [2.75, 3.05) is 0 Å². The van der Waals surface area contributed by atoms with E-state index in [0.717, 1.165) is 31.2 Å². The summed E-state index contributed by atoms with van der Waals surface area (Å²) in [5.74, 6) is 0.224. The number of aliphatic hydroxyl groups excluding tert-OH is 2. The van der Waals surface area contributed by atoms with Crippen LogP contribution in [-0.4, -0.2) is 51.7 Å². The second-order valence-electron chi connectivity index (χ2n) is 10.6. The van der Waals surface area contributed by atoms with E-state index in [1.807, 2.05) is 38.1 Å². The summed E-state index contributed by atoms with van der Waals surface area (Å²) in [5, 5.41) is 29.2. The summed E-state index contributed by atoms with van der Waals surface area (Å²) in [6.45, 7) is 6.08. The summed E-state index contributed by atoms with van der Waals surface area (Å²) in [7, 11) is 0. The summed E-state index contributed by atoms with van der Waals surface area (Å²) in [5.41, 5.74) is 1.12. The zero-order chi connectivity index (χ0) is 26.2. The van der Waals surface area contributed by atoms with Gasteiger partial charge in [-0.1, -0.05) is 43.7 Å². The Bertz CT molecular complexity index is 880. The molecule has 8 atom stereocenters. The number of allylic oxidation sites excluding steroid dienone is 2. The Morgan fingerprint density at radius 2 is 1.81 bits per heavy atom. The number of aliphatic hydroxyl groups is 2. The second-order valence-corrected chi connectivity index (χ2v) is 10.6. The van der Waals surface area contributed by atoms with E-state index in [1.54, 1.807) is 0 Å². The number of fused-ring (bicyclic) bond motifs is 1. The molecule has 0 aromatic heterocycles. The van der Waals surface area contributed by atoms with Crippen LogP contribution in [0.2, 0.25) is 0 Å². The van der Waals surface area contributed by atoms with E-state index in [-0.39, 0.29) is 42.7 Å². The number of carboxylic acid groups (broad SMARTS) is 1. The summed E-state index contributed by atoms with van der Waals surface area (Å²) in [4.78, 5) is 24.0. The van der Waals surface area contributed by atoms with E-state index in [4.69, 9.17) is 14.6 Å². The van der Waals surface area contributed by atoms with Gasteiger partial charge in [0.25, 0.3) is 0 Å². The van der Waals surface area contributed by atoms with Crippen LogP contribution in [0.15, 0.2) is 36.4 Å². The molecule has 36 heavy (non-hydrogen) atoms. The van der Waals surface area contributed by atoms with Gasteiger partial charge in [-0.2, -0.15) is 0 Å². The monoisotopic (exact) mass is 502 g/mol. The molecule has 7 heteroatoms. The Kier molecular flexibility index (Phi) is 10.4. The highest BCUT2D eigenvalue weighted by molar-refractivity contribution is 5.75. The van der Waals surface area contributed by atoms with Crippen molar-refractivity contribution in [3.63, 3.8) is 0 Å². The number of hydrogen-bond acceptors (Lipinski definition) is 6. The van der Waals surface area contributed by atoms with Crippen LogP contribution in [0, 0.1) is 30.6 Å². The third-order valence-corrected chi connectivity index (χ3v) is 7.77. The lowest BCUT2D eigenvalue weighted by atomic mass is 9.62. The van der Waals surface area contributed by atoms with E-state index < -0.39 is 24.3 Å². The molecule has 0 bridgehead atoms. The topological polar surface area (TPSA) is 113 Å². The fourth-order valence-corrected chi connectivity index (χ4v) is 5.84. The van der Waals surface area contributed by atoms with Crippen LogP contribution in [0.3, 0.4) is 0 Å². The van der Waals surface area contributed by atoms with Crippen molar-refractivity contribution in [3.8, 4) is 5.75 Å². The fraction of sp³-hybridized carbons (Fsp3) is 0.655. The first-order valence-corrected chi connectivity index (χ1v) is 13.4. The Morgan fingerprint density at radius 3 is 2.47 bits per heavy atom. The van der Waals surface area contributed by atoms with Gasteiger partial charge in [0.1, 0.15) is 11.9 Å². The lowest BCUT2D eigenvalue weighted by Crippen LogP contribution is -2.45. The molecular formula is C29H42O7. The minimum absolute atomic E-state index is 0.0459. The third-order valence-electron chi connectivity index (χ3n) is 7.77. The molecule has 1 aromatic carbocycles. The van der Waals surface area contributed by atoms with Gasteiger partial charge in [0, 0.05) is 5.92 Å². The van der Waals surface area contributed by atoms with Crippen molar-refractivity contribution in [2.24, 2.45) is 23.7 Å². The Balaban J connectivity index is 1.64. The summed E-state index contributed by atoms with van der Waals surface area (Å²) >= 11 is 0. The fourth-order valence-electron chi connectivity index (χ4n) is 5.84. The van der Waals surface area contributed by atoms with Gasteiger partial charge in [-0.05, 0) is 81.8 Å². The van der Waals surface area contributed by atoms with Crippen LogP contribution >= 0.6 is 0 Å². The van der Waals surface area contributed by atoms with Crippen LogP contribution in [0.25, 0.3) is 0 Å². The first kappa shape index (κ1) is 28.2. The number of aliphatic carboxylic acids is 1. The van der Waals surface area contributed by atoms with Crippen molar-refractivity contribution in [1.82, 2.24) is 0 Å². The molecular weight excluding hydrogens is 460 g/mol. The number of carboxylic acids is 1. The molecule has 8 unspecified atom stereocenters. The molecule has 0 spiro atoms. The largest absolute Gasteiger partial charge is 0.481 e. The molecule has 0 aliphatic heterocycles. The molecule has 0 saturated heterocycles. The number of rotatable bonds is 12. The molecule has 0 heterocycles. The third kappa shape index (κ3) is 7.81. The van der Waals surface area contributed by atoms with Gasteiger partial charge >= 0.3 is 11.9 Å². The van der Waals surface area contributed by atoms with Gasteiger partial charge in [-0.15, -0.1) is 0 Å². The van der Waals surface area contributed by atoms with Crippen LogP contribution in [0.1, 0.15) is 70.8 Å². The average Bonchev–Trinajstić information content (AvgIpc) is 2.82. The van der Waals surface area contributed by atoms with Crippen molar-refractivity contribution in [2.45, 2.75) is 96.6 Å². The van der Waals surface area contributed by atoms with Crippen LogP contribution in [0.4, 0.5) is 0 Å². The van der Waals surface area contributed by atoms with Gasteiger partial charge in [0.15, 0.2) is 6.10 Å². The minimum Gasteiger partial charge on any atom is -0.481 e. The Morgan fingerprint density at radius 1 is 1.08 bits per heavy atom. The molecule has 7 nitrogen and oxygen atoms in total. The SMILES string of the molecule is CCC(Oc1ccc(C)cc1)C(=O)OC1CCCC2C=CC(C)C(CCC(O)CC(O)CC(=O)O)C21. The number of esters is 1. The molecule has 3 N–H and O–H groups in total. The van der Waals surface area contributed by atoms with Gasteiger partial charge in [-0.3, -0.25) is 4.79 Å². The molecule has 2 aliphatic rings. The molecule has 1 fully saturated rings. The zero-order valence-corrected chi connectivity index (χ0v) is 21.7. The lowest BCUT2D eigenvalue weighted by Gasteiger charge is -2.46. The van der Waals surface area contributed by atoms with E-state index in [1.165, 1.54) is 0 Å². The quantitative estimate of drug-likeness (QED) is 0.281. The summed E-state index contributed by atoms with van der Waals surface area (Å²) in [6.07, 6.45) is 6.02. The zero-order valence-electron chi connectivity index (χ0n) is 21.7. The molecule has 1 saturated carbocycles. The van der Waals surface area contributed by atoms with Gasteiger partial charge in [0.05, 0.1) is 18.6 Å².